The van der Waals surface area contributed by atoms with Crippen LogP contribution in [0.5, 0.6) is 0 Å². The quantitative estimate of drug-likeness (QED) is 0.195. The predicted octanol–water partition coefficient (Wildman–Crippen LogP) is 7.07. The topological polar surface area (TPSA) is 105 Å². The summed E-state index contributed by atoms with van der Waals surface area (Å²) in [5.74, 6) is -0.799. The summed E-state index contributed by atoms with van der Waals surface area (Å²) in [6.45, 7) is 0. The third-order valence-electron chi connectivity index (χ3n) is 7.84. The number of primary amides is 1. The van der Waals surface area contributed by atoms with Crippen molar-refractivity contribution in [2.45, 2.75) is 49.9 Å². The summed E-state index contributed by atoms with van der Waals surface area (Å²) in [5.41, 5.74) is 6.93. The molecule has 14 heteroatoms. The Hall–Kier alpha value is -5.01. The van der Waals surface area contributed by atoms with Crippen molar-refractivity contribution in [2.24, 2.45) is 5.73 Å². The number of hydrogen-bond donors (Lipinski definition) is 1. The summed E-state index contributed by atoms with van der Waals surface area (Å²) in [4.78, 5) is 21.1. The van der Waals surface area contributed by atoms with Gasteiger partial charge in [-0.3, -0.25) is 4.79 Å². The van der Waals surface area contributed by atoms with Gasteiger partial charge >= 0.3 is 12.4 Å². The fourth-order valence-corrected chi connectivity index (χ4v) is 5.27. The van der Waals surface area contributed by atoms with Crippen LogP contribution in [0, 0.1) is 0 Å². The Labute approximate surface area is 251 Å². The second-order valence-corrected chi connectivity index (χ2v) is 11.2. The molecule has 2 fully saturated rings. The summed E-state index contributed by atoms with van der Waals surface area (Å²) in [6.07, 6.45) is -4.62. The number of hydrogen-bond acceptors (Lipinski definition) is 5. The molecule has 0 saturated heterocycles. The number of carbonyl (C=O) groups excluding carboxylic acids is 1. The summed E-state index contributed by atoms with van der Waals surface area (Å²) in [7, 11) is 0. The van der Waals surface area contributed by atoms with Crippen LogP contribution in [0.3, 0.4) is 0 Å². The highest BCUT2D eigenvalue weighted by molar-refractivity contribution is 5.97. The molecule has 2 aliphatic carbocycles. The van der Waals surface area contributed by atoms with Gasteiger partial charge in [0.1, 0.15) is 5.69 Å². The molecule has 0 aliphatic heterocycles. The molecule has 0 spiro atoms. The Morgan fingerprint density at radius 1 is 0.711 bits per heavy atom. The van der Waals surface area contributed by atoms with Crippen molar-refractivity contribution >= 4 is 5.91 Å². The molecule has 5 aromatic rings. The average Bonchev–Trinajstić information content (AvgIpc) is 3.94. The van der Waals surface area contributed by atoms with Gasteiger partial charge < -0.3 is 5.73 Å². The van der Waals surface area contributed by atoms with Gasteiger partial charge in [-0.05, 0) is 62.1 Å². The van der Waals surface area contributed by atoms with Gasteiger partial charge in [0.05, 0.1) is 23.3 Å². The number of aromatic nitrogens is 6. The van der Waals surface area contributed by atoms with Crippen molar-refractivity contribution in [1.29, 1.82) is 0 Å². The zero-order valence-corrected chi connectivity index (χ0v) is 23.3. The molecule has 8 nitrogen and oxygen atoms in total. The van der Waals surface area contributed by atoms with Gasteiger partial charge in [0, 0.05) is 34.4 Å². The Bertz CT molecular complexity index is 1920. The first kappa shape index (κ1) is 28.7. The summed E-state index contributed by atoms with van der Waals surface area (Å²) in [5, 5.41) is 7.61. The van der Waals surface area contributed by atoms with Crippen LogP contribution in [-0.2, 0) is 12.4 Å². The lowest BCUT2D eigenvalue weighted by Crippen LogP contribution is -2.15. The van der Waals surface area contributed by atoms with E-state index in [4.69, 9.17) is 5.73 Å². The molecule has 0 bridgehead atoms. The SMILES string of the molecule is NC(=O)c1ncc(-c2ccc(-n3nc(C(F)(F)F)cc3C3CC3)cc2)nc1-c1ccc(-n2nc(C(F)(F)F)cc2C2CC2)cc1. The van der Waals surface area contributed by atoms with E-state index in [0.717, 1.165) is 37.8 Å². The Morgan fingerprint density at radius 2 is 1.16 bits per heavy atom. The second kappa shape index (κ2) is 10.3. The Kier molecular flexibility index (Phi) is 6.57. The zero-order valence-electron chi connectivity index (χ0n) is 23.3. The number of alkyl halides is 6. The number of nitrogens with two attached hydrogens (primary N) is 1. The number of halogens is 6. The second-order valence-electron chi connectivity index (χ2n) is 11.2. The Morgan fingerprint density at radius 3 is 1.56 bits per heavy atom. The van der Waals surface area contributed by atoms with Crippen molar-refractivity contribution in [2.75, 3.05) is 0 Å². The number of amides is 1. The molecule has 7 rings (SSSR count). The number of nitrogens with zero attached hydrogens (tertiary/aromatic N) is 6. The van der Waals surface area contributed by atoms with Crippen LogP contribution in [0.4, 0.5) is 26.3 Å². The molecule has 3 aromatic heterocycles. The van der Waals surface area contributed by atoms with Gasteiger partial charge in [0.15, 0.2) is 17.1 Å². The molecule has 230 valence electrons. The van der Waals surface area contributed by atoms with E-state index in [2.05, 4.69) is 20.2 Å². The highest BCUT2D eigenvalue weighted by Crippen LogP contribution is 2.44. The molecule has 0 unspecified atom stereocenters. The summed E-state index contributed by atoms with van der Waals surface area (Å²) < 4.78 is 82.9. The van der Waals surface area contributed by atoms with Gasteiger partial charge in [0.2, 0.25) is 0 Å². The fraction of sp³-hybridized carbons (Fsp3) is 0.258. The fourth-order valence-electron chi connectivity index (χ4n) is 5.27. The molecular formula is C31H23F6N7O. The number of carbonyl (C=O) groups is 1. The predicted molar refractivity (Wildman–Crippen MR) is 150 cm³/mol. The maximum Gasteiger partial charge on any atom is 0.435 e. The molecule has 2 aromatic carbocycles. The lowest BCUT2D eigenvalue weighted by Gasteiger charge is -2.11. The third kappa shape index (κ3) is 5.56. The van der Waals surface area contributed by atoms with Crippen LogP contribution in [0.25, 0.3) is 33.9 Å². The highest BCUT2D eigenvalue weighted by atomic mass is 19.4. The van der Waals surface area contributed by atoms with E-state index in [-0.39, 0.29) is 23.2 Å². The van der Waals surface area contributed by atoms with Crippen molar-refractivity contribution in [3.8, 4) is 33.9 Å². The van der Waals surface area contributed by atoms with Crippen LogP contribution in [-0.4, -0.2) is 35.4 Å². The van der Waals surface area contributed by atoms with E-state index in [1.165, 1.54) is 15.6 Å². The van der Waals surface area contributed by atoms with E-state index in [1.807, 2.05) is 0 Å². The molecule has 45 heavy (non-hydrogen) atoms. The maximum atomic E-state index is 13.4. The lowest BCUT2D eigenvalue weighted by molar-refractivity contribution is -0.142. The number of rotatable bonds is 7. The molecule has 0 radical (unpaired) electrons. The van der Waals surface area contributed by atoms with Gasteiger partial charge in [-0.2, -0.15) is 36.5 Å². The first-order chi connectivity index (χ1) is 21.4. The monoisotopic (exact) mass is 623 g/mol. The standard InChI is InChI=1S/C31H23F6N7O/c32-30(33,34)25-13-23(17-1-2-17)43(41-25)20-9-5-16(6-10-20)22-15-39-28(29(38)45)27(40-22)19-7-11-21(12-8-19)44-24(18-3-4-18)14-26(42-44)31(35,36)37/h5-15,17-18H,1-4H2,(H2,38,45). The van der Waals surface area contributed by atoms with Crippen molar-refractivity contribution < 1.29 is 31.1 Å². The van der Waals surface area contributed by atoms with Crippen LogP contribution in [0.15, 0.2) is 66.9 Å². The van der Waals surface area contributed by atoms with Crippen molar-refractivity contribution in [3.63, 3.8) is 0 Å². The van der Waals surface area contributed by atoms with Crippen molar-refractivity contribution in [1.82, 2.24) is 29.5 Å². The minimum Gasteiger partial charge on any atom is -0.364 e. The Balaban J connectivity index is 1.21. The largest absolute Gasteiger partial charge is 0.435 e. The van der Waals surface area contributed by atoms with Crippen LogP contribution >= 0.6 is 0 Å². The van der Waals surface area contributed by atoms with E-state index in [1.54, 1.807) is 48.5 Å². The van der Waals surface area contributed by atoms with Crippen LogP contribution in [0.1, 0.15) is 70.8 Å². The zero-order chi connectivity index (χ0) is 31.7. The first-order valence-corrected chi connectivity index (χ1v) is 14.1. The van der Waals surface area contributed by atoms with Gasteiger partial charge in [-0.25, -0.2) is 19.3 Å². The van der Waals surface area contributed by atoms with E-state index < -0.39 is 29.6 Å². The molecule has 2 N–H and O–H groups in total. The molecular weight excluding hydrogens is 600 g/mol. The molecule has 2 saturated carbocycles. The molecule has 2 aliphatic rings. The van der Waals surface area contributed by atoms with E-state index in [0.29, 0.717) is 39.6 Å². The molecule has 0 atom stereocenters. The first-order valence-electron chi connectivity index (χ1n) is 14.1. The maximum absolute atomic E-state index is 13.4. The van der Waals surface area contributed by atoms with Gasteiger partial charge in [-0.15, -0.1) is 0 Å². The lowest BCUT2D eigenvalue weighted by atomic mass is 10.1. The van der Waals surface area contributed by atoms with Crippen molar-refractivity contribution in [3.05, 3.63) is 95.3 Å². The summed E-state index contributed by atoms with van der Waals surface area (Å²) in [6, 6.07) is 15.1. The highest BCUT2D eigenvalue weighted by Gasteiger charge is 2.39. The minimum absolute atomic E-state index is 0.00366. The number of benzene rings is 2. The van der Waals surface area contributed by atoms with Gasteiger partial charge in [0.25, 0.3) is 5.91 Å². The van der Waals surface area contributed by atoms with E-state index >= 15 is 0 Å². The van der Waals surface area contributed by atoms with Gasteiger partial charge in [-0.1, -0.05) is 24.3 Å². The normalized spacial score (nSPS) is 15.4. The third-order valence-corrected chi connectivity index (χ3v) is 7.84. The summed E-state index contributed by atoms with van der Waals surface area (Å²) >= 11 is 0. The smallest absolute Gasteiger partial charge is 0.364 e. The van der Waals surface area contributed by atoms with Crippen LogP contribution < -0.4 is 5.73 Å². The van der Waals surface area contributed by atoms with Crippen LogP contribution in [0.2, 0.25) is 0 Å². The average molecular weight is 624 g/mol. The molecule has 3 heterocycles. The molecule has 1 amide bonds. The minimum atomic E-state index is -4.58. The van der Waals surface area contributed by atoms with E-state index in [9.17, 15) is 31.1 Å².